The third-order valence-electron chi connectivity index (χ3n) is 4.38. The average Bonchev–Trinajstić information content (AvgIpc) is 2.90. The van der Waals surface area contributed by atoms with Crippen LogP contribution in [0, 0.1) is 11.8 Å². The van der Waals surface area contributed by atoms with E-state index >= 15 is 4.39 Å². The molecule has 1 amide bonds. The lowest BCUT2D eigenvalue weighted by Gasteiger charge is -2.27. The van der Waals surface area contributed by atoms with E-state index in [9.17, 15) is 18.9 Å². The maximum absolute atomic E-state index is 15.7. The minimum atomic E-state index is -3.01. The SMILES string of the molecule is CC(C)C(=O)Nc1ccn([C@@H]2O[C@H](CO[P+](=O)O)C(OC(=O)C(C)C)C2(F)P)c(=O)n1. The van der Waals surface area contributed by atoms with Gasteiger partial charge in [-0.3, -0.25) is 14.2 Å². The summed E-state index contributed by atoms with van der Waals surface area (Å²) in [5, 5.41) is -0.0355. The average molecular weight is 480 g/mol. The molecule has 1 aromatic rings. The zero-order valence-corrected chi connectivity index (χ0v) is 19.4. The van der Waals surface area contributed by atoms with Gasteiger partial charge in [0, 0.05) is 16.7 Å². The number of halogens is 1. The number of carbonyl (C=O) groups excluding carboxylic acids is 2. The molecule has 6 atom stereocenters. The van der Waals surface area contributed by atoms with Crippen LogP contribution in [0.5, 0.6) is 0 Å². The van der Waals surface area contributed by atoms with Gasteiger partial charge in [-0.15, -0.1) is 9.42 Å². The maximum Gasteiger partial charge on any atom is 0.694 e. The molecule has 2 heterocycles. The van der Waals surface area contributed by atoms with Gasteiger partial charge in [-0.2, -0.15) is 4.98 Å². The van der Waals surface area contributed by atoms with E-state index in [4.69, 9.17) is 14.4 Å². The molecule has 1 aliphatic heterocycles. The first-order valence-corrected chi connectivity index (χ1v) is 11.1. The highest BCUT2D eigenvalue weighted by Gasteiger charge is 2.59. The highest BCUT2D eigenvalue weighted by atomic mass is 31.1. The Bertz CT molecular complexity index is 908. The van der Waals surface area contributed by atoms with Crippen molar-refractivity contribution in [2.45, 2.75) is 51.5 Å². The van der Waals surface area contributed by atoms with E-state index in [0.29, 0.717) is 0 Å². The third kappa shape index (κ3) is 6.11. The zero-order chi connectivity index (χ0) is 23.5. The molecular formula is C17H25FN3O8P2+. The van der Waals surface area contributed by atoms with Gasteiger partial charge in [0.25, 0.3) is 0 Å². The zero-order valence-electron chi connectivity index (χ0n) is 17.4. The highest BCUT2D eigenvalue weighted by molar-refractivity contribution is 7.32. The standard InChI is InChI=1S/C17H24FN3O8P2/c1-8(2)13(22)19-11-5-6-21(16(24)20-11)15-17(18,30)12(29-14(23)9(3)4)10(28-15)7-27-31(25)26/h5-6,8-10,12,15H,7,30H2,1-4H3,(H-,19,20,22,24,25,26)/p+1/t10-,12?,15-,17?/m1/s1. The number of hydrogen-bond donors (Lipinski definition) is 2. The molecule has 2 N–H and O–H groups in total. The Kier molecular flexibility index (Phi) is 8.35. The maximum atomic E-state index is 15.7. The molecule has 0 spiro atoms. The Labute approximate surface area is 180 Å². The van der Waals surface area contributed by atoms with E-state index in [0.717, 1.165) is 4.57 Å². The normalized spacial score (nSPS) is 26.2. The van der Waals surface area contributed by atoms with Crippen LogP contribution in [0.3, 0.4) is 0 Å². The first-order valence-electron chi connectivity index (χ1n) is 9.37. The van der Waals surface area contributed by atoms with Crippen molar-refractivity contribution >= 4 is 35.2 Å². The summed E-state index contributed by atoms with van der Waals surface area (Å²) in [5.41, 5.74) is -0.931. The molecular weight excluding hydrogens is 455 g/mol. The number of carbonyl (C=O) groups is 2. The second-order valence-electron chi connectivity index (χ2n) is 7.55. The Morgan fingerprint density at radius 3 is 2.58 bits per heavy atom. The quantitative estimate of drug-likeness (QED) is 0.418. The van der Waals surface area contributed by atoms with E-state index < -0.39 is 56.3 Å². The van der Waals surface area contributed by atoms with Crippen LogP contribution in [0.15, 0.2) is 17.1 Å². The van der Waals surface area contributed by atoms with E-state index in [2.05, 4.69) is 14.8 Å². The number of alkyl halides is 1. The number of nitrogens with zero attached hydrogens (tertiary/aromatic N) is 2. The number of esters is 1. The summed E-state index contributed by atoms with van der Waals surface area (Å²) in [6.07, 6.45) is -3.28. The number of anilines is 1. The number of aromatic nitrogens is 2. The van der Waals surface area contributed by atoms with Gasteiger partial charge in [0.15, 0.2) is 12.3 Å². The summed E-state index contributed by atoms with van der Waals surface area (Å²) in [6, 6.07) is 1.29. The highest BCUT2D eigenvalue weighted by Crippen LogP contribution is 2.48. The van der Waals surface area contributed by atoms with Crippen LogP contribution in [0.1, 0.15) is 33.9 Å². The lowest BCUT2D eigenvalue weighted by molar-refractivity contribution is -0.159. The molecule has 0 saturated carbocycles. The fraction of sp³-hybridized carbons (Fsp3) is 0.647. The Morgan fingerprint density at radius 1 is 1.42 bits per heavy atom. The first-order chi connectivity index (χ1) is 14.3. The van der Waals surface area contributed by atoms with Gasteiger partial charge in [0.1, 0.15) is 18.5 Å². The van der Waals surface area contributed by atoms with Crippen molar-refractivity contribution < 1.29 is 37.4 Å². The van der Waals surface area contributed by atoms with E-state index in [-0.39, 0.29) is 17.6 Å². The number of nitrogens with one attached hydrogen (secondary N) is 1. The van der Waals surface area contributed by atoms with Gasteiger partial charge < -0.3 is 14.8 Å². The fourth-order valence-corrected chi connectivity index (χ4v) is 3.46. The molecule has 172 valence electrons. The molecule has 0 radical (unpaired) electrons. The monoisotopic (exact) mass is 480 g/mol. The van der Waals surface area contributed by atoms with Crippen molar-refractivity contribution in [1.29, 1.82) is 0 Å². The molecule has 1 fully saturated rings. The topological polar surface area (TPSA) is 146 Å². The molecule has 1 saturated heterocycles. The van der Waals surface area contributed by atoms with Crippen molar-refractivity contribution in [3.05, 3.63) is 22.7 Å². The van der Waals surface area contributed by atoms with Gasteiger partial charge in [-0.05, 0) is 6.07 Å². The second kappa shape index (κ2) is 10.2. The van der Waals surface area contributed by atoms with Gasteiger partial charge in [0.05, 0.1) is 5.92 Å². The van der Waals surface area contributed by atoms with Gasteiger partial charge in [-0.25, -0.2) is 9.18 Å². The fourth-order valence-electron chi connectivity index (χ4n) is 2.67. The molecule has 1 aliphatic rings. The molecule has 0 aliphatic carbocycles. The van der Waals surface area contributed by atoms with Crippen molar-refractivity contribution in [1.82, 2.24) is 9.55 Å². The largest absolute Gasteiger partial charge is 0.694 e. The summed E-state index contributed by atoms with van der Waals surface area (Å²) in [5.74, 6) is -2.03. The molecule has 14 heteroatoms. The lowest BCUT2D eigenvalue weighted by Crippen LogP contribution is -2.44. The van der Waals surface area contributed by atoms with Crippen LogP contribution in [0.25, 0.3) is 0 Å². The van der Waals surface area contributed by atoms with Crippen LogP contribution in [-0.2, 0) is 28.2 Å². The predicted molar refractivity (Wildman–Crippen MR) is 110 cm³/mol. The summed E-state index contributed by atoms with van der Waals surface area (Å²) >= 11 is 0. The lowest BCUT2D eigenvalue weighted by atomic mass is 10.1. The molecule has 11 nitrogen and oxygen atoms in total. The minimum absolute atomic E-state index is 0.0221. The molecule has 4 unspecified atom stereocenters. The summed E-state index contributed by atoms with van der Waals surface area (Å²) in [7, 11) is -1.16. The van der Waals surface area contributed by atoms with Crippen LogP contribution in [0.4, 0.5) is 10.2 Å². The van der Waals surface area contributed by atoms with Crippen LogP contribution < -0.4 is 11.0 Å². The molecule has 2 rings (SSSR count). The van der Waals surface area contributed by atoms with Crippen molar-refractivity contribution in [3.63, 3.8) is 0 Å². The summed E-state index contributed by atoms with van der Waals surface area (Å²) in [4.78, 5) is 48.9. The Hall–Kier alpha value is -1.84. The number of hydrogen-bond acceptors (Lipinski definition) is 8. The first kappa shape index (κ1) is 25.4. The van der Waals surface area contributed by atoms with Crippen LogP contribution >= 0.6 is 17.5 Å². The molecule has 31 heavy (non-hydrogen) atoms. The van der Waals surface area contributed by atoms with Gasteiger partial charge in [-0.1, -0.05) is 36.9 Å². The van der Waals surface area contributed by atoms with Gasteiger partial charge in [0.2, 0.25) is 11.3 Å². The molecule has 0 aromatic carbocycles. The predicted octanol–water partition coefficient (Wildman–Crippen LogP) is 1.51. The number of rotatable bonds is 8. The van der Waals surface area contributed by atoms with Crippen LogP contribution in [-0.4, -0.2) is 50.5 Å². The van der Waals surface area contributed by atoms with Gasteiger partial charge >= 0.3 is 19.9 Å². The molecule has 0 bridgehead atoms. The smallest absolute Gasteiger partial charge is 0.455 e. The molecule has 1 aromatic heterocycles. The second-order valence-corrected chi connectivity index (χ2v) is 9.17. The number of amides is 1. The number of ether oxygens (including phenoxy) is 2. The van der Waals surface area contributed by atoms with Crippen LogP contribution in [0.2, 0.25) is 0 Å². The Morgan fingerprint density at radius 2 is 2.06 bits per heavy atom. The van der Waals surface area contributed by atoms with E-state index in [1.807, 2.05) is 9.24 Å². The Balaban J connectivity index is 2.34. The summed E-state index contributed by atoms with van der Waals surface area (Å²) in [6.45, 7) is 5.86. The summed E-state index contributed by atoms with van der Waals surface area (Å²) < 4.78 is 42.8. The van der Waals surface area contributed by atoms with E-state index in [1.54, 1.807) is 27.7 Å². The van der Waals surface area contributed by atoms with Crippen molar-refractivity contribution in [3.8, 4) is 0 Å². The minimum Gasteiger partial charge on any atom is -0.455 e. The van der Waals surface area contributed by atoms with Crippen molar-refractivity contribution in [2.75, 3.05) is 11.9 Å². The van der Waals surface area contributed by atoms with Crippen molar-refractivity contribution in [2.24, 2.45) is 11.8 Å². The van der Waals surface area contributed by atoms with E-state index in [1.165, 1.54) is 12.3 Å². The third-order valence-corrected chi connectivity index (χ3v) is 5.36.